The summed E-state index contributed by atoms with van der Waals surface area (Å²) in [5.41, 5.74) is 9.23. The highest BCUT2D eigenvalue weighted by Crippen LogP contribution is 2.27. The molecule has 30 heavy (non-hydrogen) atoms. The van der Waals surface area contributed by atoms with Gasteiger partial charge in [0.2, 0.25) is 5.91 Å². The second kappa shape index (κ2) is 7.60. The quantitative estimate of drug-likeness (QED) is 0.454. The van der Waals surface area contributed by atoms with E-state index in [1.165, 1.54) is 12.1 Å². The maximum atomic E-state index is 12.4. The predicted molar refractivity (Wildman–Crippen MR) is 116 cm³/mol. The van der Waals surface area contributed by atoms with Crippen LogP contribution >= 0.6 is 0 Å². The van der Waals surface area contributed by atoms with E-state index in [9.17, 15) is 13.2 Å². The van der Waals surface area contributed by atoms with Crippen LogP contribution in [0.4, 0.5) is 11.6 Å². The number of nitrogens with two attached hydrogens (primary N) is 1. The van der Waals surface area contributed by atoms with Gasteiger partial charge in [-0.1, -0.05) is 18.2 Å². The topological polar surface area (TPSA) is 131 Å². The lowest BCUT2D eigenvalue weighted by atomic mass is 10.0. The summed E-state index contributed by atoms with van der Waals surface area (Å²) < 4.78 is 23.1. The van der Waals surface area contributed by atoms with Gasteiger partial charge in [-0.05, 0) is 53.1 Å². The van der Waals surface area contributed by atoms with Gasteiger partial charge in [-0.2, -0.15) is 5.10 Å². The summed E-state index contributed by atoms with van der Waals surface area (Å²) in [6, 6.07) is 15.6. The number of pyridine rings is 1. The first-order valence-electron chi connectivity index (χ1n) is 9.08. The molecule has 0 aliphatic rings. The van der Waals surface area contributed by atoms with Crippen LogP contribution in [0.3, 0.4) is 0 Å². The number of sulfone groups is 1. The molecule has 0 saturated carbocycles. The third-order valence-electron chi connectivity index (χ3n) is 4.67. The minimum Gasteiger partial charge on any atom is -0.382 e. The minimum atomic E-state index is -3.26. The molecule has 2 heterocycles. The van der Waals surface area contributed by atoms with Crippen molar-refractivity contribution >= 4 is 38.3 Å². The molecule has 0 spiro atoms. The Bertz CT molecular complexity index is 1340. The van der Waals surface area contributed by atoms with E-state index in [0.29, 0.717) is 17.2 Å². The van der Waals surface area contributed by atoms with Gasteiger partial charge >= 0.3 is 0 Å². The second-order valence-corrected chi connectivity index (χ2v) is 8.96. The first-order valence-corrected chi connectivity index (χ1v) is 11.0. The number of nitrogens with zero attached hydrogens (tertiary/aromatic N) is 2. The van der Waals surface area contributed by atoms with E-state index in [1.54, 1.807) is 24.4 Å². The molecule has 4 aromatic rings. The lowest BCUT2D eigenvalue weighted by Gasteiger charge is -2.08. The van der Waals surface area contributed by atoms with Crippen LogP contribution in [0.2, 0.25) is 0 Å². The summed E-state index contributed by atoms with van der Waals surface area (Å²) in [4.78, 5) is 16.8. The number of carbonyl (C=O) groups excluding carboxylic acids is 1. The third-order valence-corrected chi connectivity index (χ3v) is 5.80. The van der Waals surface area contributed by atoms with Gasteiger partial charge in [0.25, 0.3) is 0 Å². The fourth-order valence-electron chi connectivity index (χ4n) is 3.12. The van der Waals surface area contributed by atoms with Crippen molar-refractivity contribution in [1.29, 1.82) is 0 Å². The molecule has 9 heteroatoms. The summed E-state index contributed by atoms with van der Waals surface area (Å²) >= 11 is 0. The number of aromatic nitrogens is 3. The number of nitrogens with one attached hydrogen (secondary N) is 2. The summed E-state index contributed by atoms with van der Waals surface area (Å²) in [7, 11) is -3.26. The molecule has 2 aromatic carbocycles. The lowest BCUT2D eigenvalue weighted by Crippen LogP contribution is -2.15. The summed E-state index contributed by atoms with van der Waals surface area (Å²) in [6.45, 7) is 0. The van der Waals surface area contributed by atoms with Gasteiger partial charge in [0.05, 0.1) is 16.8 Å². The highest BCUT2D eigenvalue weighted by Gasteiger charge is 2.10. The normalized spacial score (nSPS) is 11.5. The number of H-pyrrole nitrogens is 1. The van der Waals surface area contributed by atoms with Crippen molar-refractivity contribution in [3.63, 3.8) is 0 Å². The van der Waals surface area contributed by atoms with Crippen molar-refractivity contribution < 1.29 is 13.2 Å². The fraction of sp³-hybridized carbons (Fsp3) is 0.0952. The van der Waals surface area contributed by atoms with Gasteiger partial charge in [0.15, 0.2) is 15.7 Å². The zero-order chi connectivity index (χ0) is 21.3. The van der Waals surface area contributed by atoms with E-state index >= 15 is 0 Å². The number of hydrogen-bond donors (Lipinski definition) is 3. The van der Waals surface area contributed by atoms with E-state index in [-0.39, 0.29) is 17.2 Å². The van der Waals surface area contributed by atoms with Crippen molar-refractivity contribution in [3.05, 3.63) is 66.4 Å². The average molecular weight is 421 g/mol. The summed E-state index contributed by atoms with van der Waals surface area (Å²) in [6.07, 6.45) is 2.87. The molecule has 152 valence electrons. The molecule has 0 aliphatic carbocycles. The number of aromatic amines is 1. The SMILES string of the molecule is CS(=O)(=O)c1ccc(CC(=O)Nc2cc(-c3ccc4[nH]nc(N)c4c3)ccn2)cc1. The highest BCUT2D eigenvalue weighted by atomic mass is 32.2. The number of nitrogen functional groups attached to an aromatic ring is 1. The van der Waals surface area contributed by atoms with Crippen LogP contribution in [0, 0.1) is 0 Å². The van der Waals surface area contributed by atoms with E-state index < -0.39 is 9.84 Å². The average Bonchev–Trinajstić information content (AvgIpc) is 3.08. The molecule has 0 bridgehead atoms. The van der Waals surface area contributed by atoms with Crippen LogP contribution in [0.5, 0.6) is 0 Å². The molecule has 0 radical (unpaired) electrons. The molecule has 0 saturated heterocycles. The van der Waals surface area contributed by atoms with E-state index in [1.807, 2.05) is 24.3 Å². The number of anilines is 2. The number of amides is 1. The maximum absolute atomic E-state index is 12.4. The minimum absolute atomic E-state index is 0.105. The standard InChI is InChI=1S/C21H19N5O3S/c1-30(28,29)16-5-2-13(3-6-16)10-20(27)24-19-12-15(8-9-23-19)14-4-7-18-17(11-14)21(22)26-25-18/h2-9,11-12H,10H2,1H3,(H3,22,25,26)(H,23,24,27). The smallest absolute Gasteiger partial charge is 0.229 e. The predicted octanol–water partition coefficient (Wildman–Crippen LogP) is 2.79. The van der Waals surface area contributed by atoms with Gasteiger partial charge < -0.3 is 11.1 Å². The Labute approximate surface area is 173 Å². The van der Waals surface area contributed by atoms with Crippen molar-refractivity contribution in [1.82, 2.24) is 15.2 Å². The van der Waals surface area contributed by atoms with E-state index in [0.717, 1.165) is 28.3 Å². The van der Waals surface area contributed by atoms with Crippen LogP contribution < -0.4 is 11.1 Å². The van der Waals surface area contributed by atoms with E-state index in [4.69, 9.17) is 5.73 Å². The first-order chi connectivity index (χ1) is 14.3. The lowest BCUT2D eigenvalue weighted by molar-refractivity contribution is -0.115. The van der Waals surface area contributed by atoms with Gasteiger partial charge in [0, 0.05) is 17.8 Å². The molecule has 4 rings (SSSR count). The molecular weight excluding hydrogens is 402 g/mol. The molecular formula is C21H19N5O3S. The van der Waals surface area contributed by atoms with E-state index in [2.05, 4.69) is 20.5 Å². The van der Waals surface area contributed by atoms with Crippen molar-refractivity contribution in [2.75, 3.05) is 17.3 Å². The Morgan fingerprint density at radius 2 is 1.80 bits per heavy atom. The van der Waals surface area contributed by atoms with Crippen LogP contribution in [0.15, 0.2) is 65.7 Å². The molecule has 4 N–H and O–H groups in total. The van der Waals surface area contributed by atoms with Crippen LogP contribution in [0.25, 0.3) is 22.0 Å². The second-order valence-electron chi connectivity index (χ2n) is 6.94. The number of benzene rings is 2. The number of fused-ring (bicyclic) bond motifs is 1. The van der Waals surface area contributed by atoms with Gasteiger partial charge in [-0.15, -0.1) is 0 Å². The van der Waals surface area contributed by atoms with Gasteiger partial charge in [0.1, 0.15) is 5.82 Å². The van der Waals surface area contributed by atoms with Gasteiger partial charge in [-0.3, -0.25) is 9.89 Å². The van der Waals surface area contributed by atoms with Gasteiger partial charge in [-0.25, -0.2) is 13.4 Å². The van der Waals surface area contributed by atoms with Crippen LogP contribution in [-0.4, -0.2) is 35.8 Å². The molecule has 1 amide bonds. The van der Waals surface area contributed by atoms with Crippen molar-refractivity contribution in [2.24, 2.45) is 0 Å². The van der Waals surface area contributed by atoms with Crippen molar-refractivity contribution in [2.45, 2.75) is 11.3 Å². The number of rotatable bonds is 5. The summed E-state index contributed by atoms with van der Waals surface area (Å²) in [5.74, 6) is 0.600. The first kappa shape index (κ1) is 19.6. The molecule has 0 fully saturated rings. The summed E-state index contributed by atoms with van der Waals surface area (Å²) in [5, 5.41) is 10.5. The molecule has 0 atom stereocenters. The van der Waals surface area contributed by atoms with Crippen LogP contribution in [-0.2, 0) is 21.1 Å². The molecule has 8 nitrogen and oxygen atoms in total. The Morgan fingerprint density at radius 1 is 1.07 bits per heavy atom. The monoisotopic (exact) mass is 421 g/mol. The Morgan fingerprint density at radius 3 is 2.53 bits per heavy atom. The van der Waals surface area contributed by atoms with Crippen molar-refractivity contribution in [3.8, 4) is 11.1 Å². The highest BCUT2D eigenvalue weighted by molar-refractivity contribution is 7.90. The Balaban J connectivity index is 1.49. The maximum Gasteiger partial charge on any atom is 0.229 e. The fourth-order valence-corrected chi connectivity index (χ4v) is 3.75. The number of carbonyl (C=O) groups is 1. The number of hydrogen-bond acceptors (Lipinski definition) is 6. The zero-order valence-corrected chi connectivity index (χ0v) is 16.9. The Hall–Kier alpha value is -3.72. The molecule has 0 unspecified atom stereocenters. The van der Waals surface area contributed by atoms with Crippen LogP contribution in [0.1, 0.15) is 5.56 Å². The zero-order valence-electron chi connectivity index (χ0n) is 16.1. The molecule has 2 aromatic heterocycles. The largest absolute Gasteiger partial charge is 0.382 e. The Kier molecular flexibility index (Phi) is 4.96. The molecule has 0 aliphatic heterocycles. The third kappa shape index (κ3) is 4.15.